The Kier molecular flexibility index (Phi) is 5.67. The fraction of sp³-hybridized carbons (Fsp3) is 0.0556. The number of halogens is 2. The number of sulfonamides is 1. The largest absolute Gasteiger partial charge is 0.338 e. The van der Waals surface area contributed by atoms with Gasteiger partial charge in [-0.1, -0.05) is 12.2 Å². The molecule has 3 rings (SSSR count). The van der Waals surface area contributed by atoms with Crippen molar-refractivity contribution in [3.8, 4) is 6.07 Å². The van der Waals surface area contributed by atoms with E-state index in [0.29, 0.717) is 12.1 Å². The number of nitrogens with one attached hydrogen (secondary N) is 2. The number of primary sulfonamides is 1. The molecular weight excluding hydrogens is 402 g/mol. The minimum Gasteiger partial charge on any atom is -0.338 e. The van der Waals surface area contributed by atoms with Gasteiger partial charge in [0.05, 0.1) is 12.3 Å². The highest BCUT2D eigenvalue weighted by Crippen LogP contribution is 2.23. The molecule has 1 aliphatic rings. The van der Waals surface area contributed by atoms with Gasteiger partial charge in [-0.15, -0.1) is 0 Å². The Morgan fingerprint density at radius 2 is 2.00 bits per heavy atom. The number of rotatable bonds is 5. The third kappa shape index (κ3) is 5.01. The second-order valence-corrected chi connectivity index (χ2v) is 7.41. The van der Waals surface area contributed by atoms with Crippen LogP contribution >= 0.6 is 0 Å². The van der Waals surface area contributed by atoms with E-state index in [1.165, 1.54) is 12.1 Å². The molecule has 1 aliphatic carbocycles. The van der Waals surface area contributed by atoms with Crippen molar-refractivity contribution in [1.29, 1.82) is 5.26 Å². The Hall–Kier alpha value is -3.62. The number of hydrogen-bond acceptors (Lipinski definition) is 7. The van der Waals surface area contributed by atoms with Gasteiger partial charge < -0.3 is 10.6 Å². The first kappa shape index (κ1) is 20.1. The van der Waals surface area contributed by atoms with Gasteiger partial charge in [-0.3, -0.25) is 0 Å². The second kappa shape index (κ2) is 8.17. The molecule has 11 heteroatoms. The maximum atomic E-state index is 14.1. The number of anilines is 3. The lowest BCUT2D eigenvalue weighted by atomic mass is 10.1. The van der Waals surface area contributed by atoms with Crippen LogP contribution in [0.3, 0.4) is 0 Å². The number of allylic oxidation sites excluding steroid dienone is 5. The summed E-state index contributed by atoms with van der Waals surface area (Å²) in [6.45, 7) is 0. The van der Waals surface area contributed by atoms with E-state index < -0.39 is 26.6 Å². The Bertz CT molecular complexity index is 1200. The van der Waals surface area contributed by atoms with Crippen molar-refractivity contribution in [3.63, 3.8) is 0 Å². The van der Waals surface area contributed by atoms with Crippen molar-refractivity contribution in [2.75, 3.05) is 10.6 Å². The van der Waals surface area contributed by atoms with Crippen LogP contribution in [-0.2, 0) is 10.0 Å². The number of benzene rings is 1. The topological polar surface area (TPSA) is 134 Å². The summed E-state index contributed by atoms with van der Waals surface area (Å²) in [6.07, 6.45) is 7.98. The first-order valence-corrected chi connectivity index (χ1v) is 9.67. The first-order valence-electron chi connectivity index (χ1n) is 8.12. The summed E-state index contributed by atoms with van der Waals surface area (Å²) in [5.74, 6) is -1.89. The number of nitrogens with two attached hydrogens (primary N) is 1. The standard InChI is InChI=1S/C18H14F2N6O2S/c19-14-6-5-13(9-16(14)29(22,27)28)25-18-23-10-15(20)17(26-18)24-12-3-1-11(2-4-12)7-8-21/h1,3-7,9-10H,2H2,(H2,22,27,28)(H2,23,24,25,26). The van der Waals surface area contributed by atoms with E-state index in [4.69, 9.17) is 10.4 Å². The van der Waals surface area contributed by atoms with E-state index >= 15 is 0 Å². The lowest BCUT2D eigenvalue weighted by molar-refractivity contribution is 0.568. The van der Waals surface area contributed by atoms with Crippen LogP contribution in [0.1, 0.15) is 6.42 Å². The highest BCUT2D eigenvalue weighted by molar-refractivity contribution is 7.89. The van der Waals surface area contributed by atoms with Crippen molar-refractivity contribution < 1.29 is 17.2 Å². The summed E-state index contributed by atoms with van der Waals surface area (Å²) < 4.78 is 50.6. The van der Waals surface area contributed by atoms with E-state index in [-0.39, 0.29) is 17.5 Å². The number of hydrogen-bond donors (Lipinski definition) is 3. The Balaban J connectivity index is 1.81. The molecule has 148 valence electrons. The number of aromatic nitrogens is 2. The third-order valence-corrected chi connectivity index (χ3v) is 4.71. The molecule has 0 radical (unpaired) electrons. The molecular formula is C18H14F2N6O2S. The van der Waals surface area contributed by atoms with Gasteiger partial charge in [-0.2, -0.15) is 10.2 Å². The summed E-state index contributed by atoms with van der Waals surface area (Å²) >= 11 is 0. The Morgan fingerprint density at radius 3 is 2.66 bits per heavy atom. The molecule has 0 spiro atoms. The van der Waals surface area contributed by atoms with Crippen LogP contribution in [0.25, 0.3) is 0 Å². The van der Waals surface area contributed by atoms with Crippen molar-refractivity contribution in [2.24, 2.45) is 5.14 Å². The highest BCUT2D eigenvalue weighted by Gasteiger charge is 2.16. The lowest BCUT2D eigenvalue weighted by Crippen LogP contribution is -2.14. The van der Waals surface area contributed by atoms with Gasteiger partial charge in [-0.25, -0.2) is 27.3 Å². The number of nitriles is 1. The minimum atomic E-state index is -4.26. The molecule has 0 bridgehead atoms. The SMILES string of the molecule is N#CC=C1C=CC(Nc2nc(Nc3ccc(F)c(S(N)(=O)=O)c3)ncc2F)=CC1. The fourth-order valence-corrected chi connectivity index (χ4v) is 3.05. The summed E-state index contributed by atoms with van der Waals surface area (Å²) in [5.41, 5.74) is 1.53. The van der Waals surface area contributed by atoms with Crippen molar-refractivity contribution in [1.82, 2.24) is 9.97 Å². The van der Waals surface area contributed by atoms with Crippen LogP contribution in [0.4, 0.5) is 26.2 Å². The molecule has 0 saturated carbocycles. The maximum absolute atomic E-state index is 14.1. The smallest absolute Gasteiger partial charge is 0.241 e. The zero-order valence-corrected chi connectivity index (χ0v) is 15.5. The molecule has 4 N–H and O–H groups in total. The van der Waals surface area contributed by atoms with Gasteiger partial charge in [0.15, 0.2) is 11.6 Å². The van der Waals surface area contributed by atoms with Gasteiger partial charge in [0.2, 0.25) is 16.0 Å². The van der Waals surface area contributed by atoms with E-state index in [2.05, 4.69) is 20.6 Å². The molecule has 0 fully saturated rings. The summed E-state index contributed by atoms with van der Waals surface area (Å²) in [6, 6.07) is 5.11. The fourth-order valence-electron chi connectivity index (χ4n) is 2.42. The first-order chi connectivity index (χ1) is 13.8. The lowest BCUT2D eigenvalue weighted by Gasteiger charge is -2.13. The third-order valence-electron chi connectivity index (χ3n) is 3.79. The summed E-state index contributed by atoms with van der Waals surface area (Å²) in [7, 11) is -4.26. The molecule has 0 aliphatic heterocycles. The molecule has 0 amide bonds. The predicted octanol–water partition coefficient (Wildman–Crippen LogP) is 2.85. The molecule has 8 nitrogen and oxygen atoms in total. The van der Waals surface area contributed by atoms with E-state index in [9.17, 15) is 17.2 Å². The van der Waals surface area contributed by atoms with Crippen molar-refractivity contribution in [3.05, 3.63) is 71.6 Å². The van der Waals surface area contributed by atoms with Crippen LogP contribution in [0.15, 0.2) is 64.9 Å². The average Bonchev–Trinajstić information content (AvgIpc) is 2.67. The molecule has 1 heterocycles. The van der Waals surface area contributed by atoms with Crippen molar-refractivity contribution >= 4 is 27.5 Å². The maximum Gasteiger partial charge on any atom is 0.241 e. The van der Waals surface area contributed by atoms with Gasteiger partial charge >= 0.3 is 0 Å². The molecule has 0 atom stereocenters. The average molecular weight is 416 g/mol. The van der Waals surface area contributed by atoms with Crippen LogP contribution in [-0.4, -0.2) is 18.4 Å². The van der Waals surface area contributed by atoms with Gasteiger partial charge in [0, 0.05) is 17.5 Å². The highest BCUT2D eigenvalue weighted by atomic mass is 32.2. The predicted molar refractivity (Wildman–Crippen MR) is 102 cm³/mol. The molecule has 0 saturated heterocycles. The summed E-state index contributed by atoms with van der Waals surface area (Å²) in [4.78, 5) is 7.10. The number of nitrogens with zero attached hydrogens (tertiary/aromatic N) is 3. The quantitative estimate of drug-likeness (QED) is 0.638. The monoisotopic (exact) mass is 416 g/mol. The Morgan fingerprint density at radius 1 is 1.21 bits per heavy atom. The van der Waals surface area contributed by atoms with Gasteiger partial charge in [0.25, 0.3) is 0 Å². The minimum absolute atomic E-state index is 0.0497. The molecule has 0 unspecified atom stereocenters. The van der Waals surface area contributed by atoms with Crippen LogP contribution in [0.2, 0.25) is 0 Å². The van der Waals surface area contributed by atoms with Crippen molar-refractivity contribution in [2.45, 2.75) is 11.3 Å². The van der Waals surface area contributed by atoms with Gasteiger partial charge in [0.1, 0.15) is 10.7 Å². The molecule has 29 heavy (non-hydrogen) atoms. The molecule has 1 aromatic carbocycles. The zero-order chi connectivity index (χ0) is 21.0. The normalized spacial score (nSPS) is 15.0. The van der Waals surface area contributed by atoms with Crippen LogP contribution in [0, 0.1) is 23.0 Å². The second-order valence-electron chi connectivity index (χ2n) is 5.88. The summed E-state index contributed by atoms with van der Waals surface area (Å²) in [5, 5.41) is 19.1. The molecule has 2 aromatic rings. The van der Waals surface area contributed by atoms with E-state index in [1.807, 2.05) is 6.07 Å². The molecule has 1 aromatic heterocycles. The van der Waals surface area contributed by atoms with Gasteiger partial charge in [-0.05, 0) is 36.3 Å². The van der Waals surface area contributed by atoms with E-state index in [0.717, 1.165) is 23.9 Å². The van der Waals surface area contributed by atoms with Crippen LogP contribution < -0.4 is 15.8 Å². The van der Waals surface area contributed by atoms with E-state index in [1.54, 1.807) is 18.2 Å². The Labute approximate surface area is 165 Å². The van der Waals surface area contributed by atoms with Crippen LogP contribution in [0.5, 0.6) is 0 Å². The zero-order valence-electron chi connectivity index (χ0n) is 14.7.